The number of hydrogen-bond donors (Lipinski definition) is 2. The van der Waals surface area contributed by atoms with Crippen LogP contribution < -0.4 is 11.3 Å². The quantitative estimate of drug-likeness (QED) is 0.553. The van der Waals surface area contributed by atoms with Gasteiger partial charge in [-0.25, -0.2) is 0 Å². The van der Waals surface area contributed by atoms with Crippen molar-refractivity contribution in [1.82, 2.24) is 10.4 Å². The van der Waals surface area contributed by atoms with Crippen LogP contribution in [0.1, 0.15) is 18.5 Å². The monoisotopic (exact) mass is 221 g/mol. The van der Waals surface area contributed by atoms with Crippen molar-refractivity contribution in [3.05, 3.63) is 30.1 Å². The largest absolute Gasteiger partial charge is 0.379 e. The molecule has 1 aliphatic rings. The molecule has 0 aliphatic heterocycles. The molecule has 1 aliphatic carbocycles. The fourth-order valence-corrected chi connectivity index (χ4v) is 2.12. The molecular formula is C12H19N3O. The minimum atomic E-state index is 0.146. The molecule has 0 amide bonds. The van der Waals surface area contributed by atoms with Crippen LogP contribution in [0.25, 0.3) is 0 Å². The van der Waals surface area contributed by atoms with E-state index < -0.39 is 0 Å². The highest BCUT2D eigenvalue weighted by molar-refractivity contribution is 5.07. The van der Waals surface area contributed by atoms with E-state index in [9.17, 15) is 0 Å². The smallest absolute Gasteiger partial charge is 0.0769 e. The summed E-state index contributed by atoms with van der Waals surface area (Å²) in [5.74, 6) is 6.27. The second kappa shape index (κ2) is 5.39. The zero-order valence-electron chi connectivity index (χ0n) is 9.60. The normalized spacial score (nSPS) is 19.4. The van der Waals surface area contributed by atoms with Gasteiger partial charge >= 0.3 is 0 Å². The lowest BCUT2D eigenvalue weighted by molar-refractivity contribution is 0.0508. The number of nitrogens with two attached hydrogens (primary N) is 1. The Morgan fingerprint density at radius 3 is 2.88 bits per heavy atom. The van der Waals surface area contributed by atoms with Crippen molar-refractivity contribution < 1.29 is 4.74 Å². The molecule has 0 spiro atoms. The van der Waals surface area contributed by atoms with Gasteiger partial charge < -0.3 is 4.74 Å². The first-order chi connectivity index (χ1) is 7.85. The highest BCUT2D eigenvalue weighted by Gasteiger charge is 2.36. The predicted octanol–water partition coefficient (Wildman–Crippen LogP) is 0.881. The molecule has 2 rings (SSSR count). The third-order valence-electron chi connectivity index (χ3n) is 3.12. The molecule has 0 saturated heterocycles. The van der Waals surface area contributed by atoms with E-state index in [1.54, 1.807) is 7.11 Å². The van der Waals surface area contributed by atoms with Crippen molar-refractivity contribution in [1.29, 1.82) is 0 Å². The SMILES string of the molecule is COC(C1CC1)C(Cc1ccccn1)NN. The topological polar surface area (TPSA) is 60.2 Å². The summed E-state index contributed by atoms with van der Waals surface area (Å²) in [6, 6.07) is 6.08. The first-order valence-corrected chi connectivity index (χ1v) is 5.74. The third-order valence-corrected chi connectivity index (χ3v) is 3.12. The lowest BCUT2D eigenvalue weighted by Gasteiger charge is -2.25. The number of pyridine rings is 1. The Morgan fingerprint density at radius 1 is 1.56 bits per heavy atom. The molecule has 4 heteroatoms. The van der Waals surface area contributed by atoms with Crippen LogP contribution in [0.3, 0.4) is 0 Å². The van der Waals surface area contributed by atoms with Crippen LogP contribution in [0, 0.1) is 5.92 Å². The fraction of sp³-hybridized carbons (Fsp3) is 0.583. The van der Waals surface area contributed by atoms with Crippen molar-refractivity contribution >= 4 is 0 Å². The zero-order valence-corrected chi connectivity index (χ0v) is 9.60. The maximum atomic E-state index is 5.60. The number of nitrogens with one attached hydrogen (secondary N) is 1. The number of ether oxygens (including phenoxy) is 1. The summed E-state index contributed by atoms with van der Waals surface area (Å²) in [6.07, 6.45) is 5.32. The van der Waals surface area contributed by atoms with Crippen LogP contribution in [-0.4, -0.2) is 24.2 Å². The number of nitrogens with zero attached hydrogens (tertiary/aromatic N) is 1. The zero-order chi connectivity index (χ0) is 11.4. The summed E-state index contributed by atoms with van der Waals surface area (Å²) >= 11 is 0. The van der Waals surface area contributed by atoms with Gasteiger partial charge in [-0.05, 0) is 30.9 Å². The van der Waals surface area contributed by atoms with Crippen LogP contribution in [0.2, 0.25) is 0 Å². The van der Waals surface area contributed by atoms with E-state index in [-0.39, 0.29) is 12.1 Å². The minimum Gasteiger partial charge on any atom is -0.379 e. The lowest BCUT2D eigenvalue weighted by Crippen LogP contribution is -2.47. The van der Waals surface area contributed by atoms with Crippen LogP contribution in [-0.2, 0) is 11.2 Å². The summed E-state index contributed by atoms with van der Waals surface area (Å²) in [5, 5.41) is 0. The maximum Gasteiger partial charge on any atom is 0.0769 e. The Hall–Kier alpha value is -0.970. The Bertz CT molecular complexity index is 313. The lowest BCUT2D eigenvalue weighted by atomic mass is 10.0. The minimum absolute atomic E-state index is 0.146. The van der Waals surface area contributed by atoms with Crippen molar-refractivity contribution in [2.75, 3.05) is 7.11 Å². The first-order valence-electron chi connectivity index (χ1n) is 5.74. The van der Waals surface area contributed by atoms with Gasteiger partial charge in [0.25, 0.3) is 0 Å². The van der Waals surface area contributed by atoms with Gasteiger partial charge in [-0.15, -0.1) is 0 Å². The molecular weight excluding hydrogens is 202 g/mol. The van der Waals surface area contributed by atoms with Gasteiger partial charge in [0.2, 0.25) is 0 Å². The molecule has 16 heavy (non-hydrogen) atoms. The highest BCUT2D eigenvalue weighted by Crippen LogP contribution is 2.35. The van der Waals surface area contributed by atoms with Crippen molar-refractivity contribution in [3.63, 3.8) is 0 Å². The fourth-order valence-electron chi connectivity index (χ4n) is 2.12. The number of aromatic nitrogens is 1. The number of methoxy groups -OCH3 is 1. The average Bonchev–Trinajstić information content (AvgIpc) is 3.14. The third kappa shape index (κ3) is 2.78. The standard InChI is InChI=1S/C12H19N3O/c1-16-12(9-5-6-9)11(15-13)8-10-4-2-3-7-14-10/h2-4,7,9,11-12,15H,5-6,8,13H2,1H3. The van der Waals surface area contributed by atoms with Gasteiger partial charge in [0.15, 0.2) is 0 Å². The average molecular weight is 221 g/mol. The Balaban J connectivity index is 1.99. The molecule has 1 aromatic rings. The van der Waals surface area contributed by atoms with E-state index in [1.165, 1.54) is 12.8 Å². The van der Waals surface area contributed by atoms with Gasteiger partial charge in [-0.1, -0.05) is 6.07 Å². The molecule has 3 N–H and O–H groups in total. The first kappa shape index (κ1) is 11.5. The molecule has 4 nitrogen and oxygen atoms in total. The number of hydrazine groups is 1. The molecule has 1 fully saturated rings. The van der Waals surface area contributed by atoms with E-state index in [2.05, 4.69) is 10.4 Å². The summed E-state index contributed by atoms with van der Waals surface area (Å²) < 4.78 is 5.53. The van der Waals surface area contributed by atoms with Crippen molar-refractivity contribution in [3.8, 4) is 0 Å². The summed E-state index contributed by atoms with van der Waals surface area (Å²) in [4.78, 5) is 4.31. The predicted molar refractivity (Wildman–Crippen MR) is 62.6 cm³/mol. The van der Waals surface area contributed by atoms with E-state index in [0.717, 1.165) is 12.1 Å². The van der Waals surface area contributed by atoms with E-state index in [4.69, 9.17) is 10.6 Å². The Labute approximate surface area is 96.2 Å². The second-order valence-corrected chi connectivity index (χ2v) is 4.34. The summed E-state index contributed by atoms with van der Waals surface area (Å²) in [7, 11) is 1.76. The molecule has 2 atom stereocenters. The molecule has 88 valence electrons. The summed E-state index contributed by atoms with van der Waals surface area (Å²) in [5.41, 5.74) is 3.91. The van der Waals surface area contributed by atoms with Crippen molar-refractivity contribution in [2.45, 2.75) is 31.4 Å². The molecule has 0 bridgehead atoms. The molecule has 1 heterocycles. The van der Waals surface area contributed by atoms with Crippen LogP contribution >= 0.6 is 0 Å². The van der Waals surface area contributed by atoms with E-state index in [1.807, 2.05) is 24.4 Å². The molecule has 1 saturated carbocycles. The van der Waals surface area contributed by atoms with Gasteiger partial charge in [0.05, 0.1) is 12.1 Å². The number of hydrogen-bond acceptors (Lipinski definition) is 4. The molecule has 0 aromatic carbocycles. The molecule has 1 aromatic heterocycles. The maximum absolute atomic E-state index is 5.60. The van der Waals surface area contributed by atoms with E-state index in [0.29, 0.717) is 5.92 Å². The van der Waals surface area contributed by atoms with Crippen LogP contribution in [0.15, 0.2) is 24.4 Å². The highest BCUT2D eigenvalue weighted by atomic mass is 16.5. The van der Waals surface area contributed by atoms with Gasteiger partial charge in [0.1, 0.15) is 0 Å². The van der Waals surface area contributed by atoms with E-state index >= 15 is 0 Å². The second-order valence-electron chi connectivity index (χ2n) is 4.34. The molecule has 2 unspecified atom stereocenters. The number of rotatable bonds is 6. The van der Waals surface area contributed by atoms with Crippen molar-refractivity contribution in [2.24, 2.45) is 11.8 Å². The van der Waals surface area contributed by atoms with Gasteiger partial charge in [-0.3, -0.25) is 16.3 Å². The van der Waals surface area contributed by atoms with Crippen LogP contribution in [0.5, 0.6) is 0 Å². The Morgan fingerprint density at radius 2 is 2.38 bits per heavy atom. The Kier molecular flexibility index (Phi) is 3.88. The van der Waals surface area contributed by atoms with Crippen LogP contribution in [0.4, 0.5) is 0 Å². The van der Waals surface area contributed by atoms with Gasteiger partial charge in [-0.2, -0.15) is 0 Å². The summed E-state index contributed by atoms with van der Waals surface area (Å²) in [6.45, 7) is 0. The molecule has 0 radical (unpaired) electrons. The van der Waals surface area contributed by atoms with Gasteiger partial charge in [0, 0.05) is 25.4 Å².